The molecule has 160 valence electrons. The molecule has 7 heteroatoms. The van der Waals surface area contributed by atoms with Crippen molar-refractivity contribution in [3.8, 4) is 6.07 Å². The third-order valence-corrected chi connectivity index (χ3v) is 7.07. The van der Waals surface area contributed by atoms with Crippen LogP contribution in [0.4, 0.5) is 4.79 Å². The fourth-order valence-electron chi connectivity index (χ4n) is 4.55. The Labute approximate surface area is 185 Å². The number of nitrogens with zero attached hydrogens (tertiary/aromatic N) is 1. The van der Waals surface area contributed by atoms with Gasteiger partial charge in [-0.1, -0.05) is 11.3 Å². The van der Waals surface area contributed by atoms with Crippen LogP contribution in [0, 0.1) is 11.3 Å². The number of hydrogen-bond acceptors (Lipinski definition) is 4. The van der Waals surface area contributed by atoms with Crippen LogP contribution in [0.3, 0.4) is 0 Å². The molecule has 1 saturated carbocycles. The lowest BCUT2D eigenvalue weighted by atomic mass is 9.97. The first kappa shape index (κ1) is 21.5. The van der Waals surface area contributed by atoms with Crippen molar-refractivity contribution in [2.75, 3.05) is 0 Å². The highest BCUT2D eigenvalue weighted by Crippen LogP contribution is 2.45. The molecule has 0 saturated heterocycles. The summed E-state index contributed by atoms with van der Waals surface area (Å²) < 4.78 is 15.2. The van der Waals surface area contributed by atoms with E-state index in [1.807, 2.05) is 0 Å². The highest BCUT2D eigenvalue weighted by atomic mass is 32.2. The van der Waals surface area contributed by atoms with Crippen molar-refractivity contribution in [3.05, 3.63) is 67.7 Å². The van der Waals surface area contributed by atoms with E-state index in [1.54, 1.807) is 26.0 Å². The van der Waals surface area contributed by atoms with Crippen LogP contribution in [0.15, 0.2) is 67.7 Å². The second-order valence-electron chi connectivity index (χ2n) is 8.65. The molecule has 2 amide bonds. The van der Waals surface area contributed by atoms with E-state index in [4.69, 9.17) is 0 Å². The molecule has 0 aliphatic heterocycles. The lowest BCUT2D eigenvalue weighted by Gasteiger charge is -2.20. The maximum Gasteiger partial charge on any atom is 0.361 e. The van der Waals surface area contributed by atoms with Gasteiger partial charge in [0, 0.05) is 23.8 Å². The van der Waals surface area contributed by atoms with Gasteiger partial charge in [-0.25, -0.2) is 4.79 Å². The average Bonchev–Trinajstić information content (AvgIpc) is 3.37. The van der Waals surface area contributed by atoms with Gasteiger partial charge in [-0.05, 0) is 86.5 Å². The number of urea groups is 1. The van der Waals surface area contributed by atoms with Crippen LogP contribution >= 0.6 is 0 Å². The fourth-order valence-corrected chi connectivity index (χ4v) is 5.27. The second kappa shape index (κ2) is 8.43. The SMILES string of the molecule is CC(C)(O)C1=CC([S+]([O-])NC(=O)NC2=C3CCCC3=C(C#N)CC3=C2CCC3)=C=C=C1. The maximum absolute atomic E-state index is 12.8. The molecule has 1 unspecified atom stereocenters. The Balaban J connectivity index is 1.57. The Kier molecular flexibility index (Phi) is 5.85. The third kappa shape index (κ3) is 4.36. The Morgan fingerprint density at radius 1 is 1.23 bits per heavy atom. The van der Waals surface area contributed by atoms with Crippen LogP contribution < -0.4 is 10.0 Å². The Morgan fingerprint density at radius 3 is 2.68 bits per heavy atom. The van der Waals surface area contributed by atoms with Gasteiger partial charge in [0.1, 0.15) is 11.4 Å². The lowest BCUT2D eigenvalue weighted by Crippen LogP contribution is -2.40. The quantitative estimate of drug-likeness (QED) is 0.458. The van der Waals surface area contributed by atoms with Gasteiger partial charge in [-0.15, -0.1) is 4.72 Å². The number of rotatable bonds is 4. The Morgan fingerprint density at radius 2 is 1.94 bits per heavy atom. The predicted octanol–water partition coefficient (Wildman–Crippen LogP) is 4.00. The number of fused-ring (bicyclic) bond motifs is 1. The molecule has 0 aromatic rings. The number of carbonyl (C=O) groups is 1. The molecule has 0 aromatic heterocycles. The summed E-state index contributed by atoms with van der Waals surface area (Å²) in [6, 6.07) is 1.82. The summed E-state index contributed by atoms with van der Waals surface area (Å²) in [6.07, 6.45) is 9.26. The minimum Gasteiger partial charge on any atom is -0.587 e. The van der Waals surface area contributed by atoms with Gasteiger partial charge in [0.25, 0.3) is 0 Å². The molecule has 0 spiro atoms. The zero-order chi connectivity index (χ0) is 22.2. The fraction of sp³-hybridized carbons (Fsp3) is 0.417. The predicted molar refractivity (Wildman–Crippen MR) is 118 cm³/mol. The standard InChI is InChI=1S/C24H25N3O3S/c1-24(2,29)17-7-4-8-18(13-17)31(30)27-23(28)26-22-20-10-3-6-15(20)12-16(14-25)19-9-5-11-21(19)22/h7,13,29H,3,5-6,9-12H2,1-2H3,(H2,26,27,28). The molecule has 4 aliphatic rings. The molecule has 3 N–H and O–H groups in total. The van der Waals surface area contributed by atoms with Crippen molar-refractivity contribution in [2.45, 2.75) is 64.4 Å². The van der Waals surface area contributed by atoms with Crippen LogP contribution in [-0.2, 0) is 11.4 Å². The van der Waals surface area contributed by atoms with Crippen LogP contribution in [0.1, 0.15) is 58.8 Å². The number of carbonyl (C=O) groups excluding carboxylic acids is 1. The van der Waals surface area contributed by atoms with E-state index in [0.717, 1.165) is 66.5 Å². The summed E-state index contributed by atoms with van der Waals surface area (Å²) in [5.74, 6) is 0. The first-order valence-electron chi connectivity index (χ1n) is 10.5. The summed E-state index contributed by atoms with van der Waals surface area (Å²) in [7, 11) is 0. The number of allylic oxidation sites excluding steroid dienone is 6. The van der Waals surface area contributed by atoms with Gasteiger partial charge < -0.3 is 15.0 Å². The summed E-state index contributed by atoms with van der Waals surface area (Å²) in [5, 5.41) is 22.8. The molecule has 0 bridgehead atoms. The van der Waals surface area contributed by atoms with Crippen LogP contribution in [0.5, 0.6) is 0 Å². The van der Waals surface area contributed by atoms with Crippen molar-refractivity contribution >= 4 is 17.4 Å². The maximum atomic E-state index is 12.8. The van der Waals surface area contributed by atoms with E-state index in [-0.39, 0.29) is 4.91 Å². The van der Waals surface area contributed by atoms with Gasteiger partial charge in [0.2, 0.25) is 4.91 Å². The van der Waals surface area contributed by atoms with Crippen LogP contribution in [0.25, 0.3) is 0 Å². The molecule has 0 radical (unpaired) electrons. The molecule has 31 heavy (non-hydrogen) atoms. The molecular weight excluding hydrogens is 410 g/mol. The van der Waals surface area contributed by atoms with Gasteiger partial charge in [-0.3, -0.25) is 0 Å². The largest absolute Gasteiger partial charge is 0.587 e. The van der Waals surface area contributed by atoms with Crippen molar-refractivity contribution in [3.63, 3.8) is 0 Å². The van der Waals surface area contributed by atoms with Crippen LogP contribution in [0.2, 0.25) is 0 Å². The molecule has 1 fully saturated rings. The van der Waals surface area contributed by atoms with E-state index in [9.17, 15) is 19.7 Å². The topological polar surface area (TPSA) is 108 Å². The molecule has 0 heterocycles. The number of nitriles is 1. The monoisotopic (exact) mass is 435 g/mol. The average molecular weight is 436 g/mol. The highest BCUT2D eigenvalue weighted by Gasteiger charge is 2.32. The van der Waals surface area contributed by atoms with Crippen molar-refractivity contribution in [1.82, 2.24) is 10.0 Å². The summed E-state index contributed by atoms with van der Waals surface area (Å²) in [4.78, 5) is 13.0. The van der Waals surface area contributed by atoms with Gasteiger partial charge in [0.05, 0.1) is 11.7 Å². The minimum atomic E-state index is -1.85. The van der Waals surface area contributed by atoms with E-state index >= 15 is 0 Å². The normalized spacial score (nSPS) is 21.3. The second-order valence-corrected chi connectivity index (χ2v) is 9.83. The van der Waals surface area contributed by atoms with Gasteiger partial charge in [0.15, 0.2) is 0 Å². The summed E-state index contributed by atoms with van der Waals surface area (Å²) in [5.41, 5.74) is 11.0. The first-order chi connectivity index (χ1) is 14.8. The van der Waals surface area contributed by atoms with E-state index in [0.29, 0.717) is 12.0 Å². The number of amides is 2. The van der Waals surface area contributed by atoms with Gasteiger partial charge >= 0.3 is 6.03 Å². The van der Waals surface area contributed by atoms with Gasteiger partial charge in [-0.2, -0.15) is 5.26 Å². The van der Waals surface area contributed by atoms with Crippen molar-refractivity contribution < 1.29 is 14.5 Å². The molecule has 1 atom stereocenters. The number of hydrogen-bond donors (Lipinski definition) is 3. The van der Waals surface area contributed by atoms with E-state index < -0.39 is 23.0 Å². The molecule has 4 aliphatic carbocycles. The highest BCUT2D eigenvalue weighted by molar-refractivity contribution is 7.94. The Bertz CT molecular complexity index is 1110. The first-order valence-corrected chi connectivity index (χ1v) is 11.7. The Hall–Kier alpha value is -2.71. The molecular formula is C24H25N3O3S. The van der Waals surface area contributed by atoms with E-state index in [2.05, 4.69) is 27.6 Å². The smallest absolute Gasteiger partial charge is 0.361 e. The van der Waals surface area contributed by atoms with Crippen molar-refractivity contribution in [1.29, 1.82) is 5.26 Å². The molecule has 4 rings (SSSR count). The minimum absolute atomic E-state index is 0.238. The lowest BCUT2D eigenvalue weighted by molar-refractivity contribution is 0.124. The molecule has 0 aromatic carbocycles. The third-order valence-electron chi connectivity index (χ3n) is 6.08. The van der Waals surface area contributed by atoms with Crippen molar-refractivity contribution in [2.24, 2.45) is 0 Å². The van der Waals surface area contributed by atoms with Crippen LogP contribution in [-0.4, -0.2) is 21.3 Å². The number of aliphatic hydroxyl groups is 1. The number of nitrogens with one attached hydrogen (secondary N) is 2. The zero-order valence-corrected chi connectivity index (χ0v) is 18.5. The van der Waals surface area contributed by atoms with E-state index in [1.165, 1.54) is 5.57 Å². The summed E-state index contributed by atoms with van der Waals surface area (Å²) >= 11 is -1.85. The zero-order valence-electron chi connectivity index (χ0n) is 17.7. The molecule has 6 nitrogen and oxygen atoms in total. The summed E-state index contributed by atoms with van der Waals surface area (Å²) in [6.45, 7) is 3.25.